The summed E-state index contributed by atoms with van der Waals surface area (Å²) in [6.45, 7) is 3.32. The zero-order valence-electron chi connectivity index (χ0n) is 10.9. The van der Waals surface area contributed by atoms with E-state index in [1.54, 1.807) is 12.4 Å². The van der Waals surface area contributed by atoms with E-state index >= 15 is 0 Å². The Morgan fingerprint density at radius 1 is 1.44 bits per heavy atom. The molecule has 0 aliphatic heterocycles. The first-order chi connectivity index (χ1) is 8.61. The number of aromatic nitrogens is 1. The zero-order valence-corrected chi connectivity index (χ0v) is 11.7. The van der Waals surface area contributed by atoms with Gasteiger partial charge in [-0.15, -0.1) is 0 Å². The van der Waals surface area contributed by atoms with Crippen LogP contribution in [0.5, 0.6) is 0 Å². The van der Waals surface area contributed by atoms with Gasteiger partial charge in [-0.25, -0.2) is 0 Å². The largest absolute Gasteiger partial charge is 0.389 e. The second kappa shape index (κ2) is 5.65. The van der Waals surface area contributed by atoms with E-state index in [2.05, 4.69) is 17.2 Å². The molecule has 98 valence electrons. The van der Waals surface area contributed by atoms with Crippen LogP contribution in [0.3, 0.4) is 0 Å². The number of thiocarbonyl (C=S) groups is 1. The van der Waals surface area contributed by atoms with Crippen LogP contribution in [0.2, 0.25) is 0 Å². The number of pyridine rings is 1. The number of anilines is 1. The Balaban J connectivity index is 2.03. The molecule has 3 N–H and O–H groups in total. The lowest BCUT2D eigenvalue weighted by Gasteiger charge is -2.34. The van der Waals surface area contributed by atoms with Gasteiger partial charge >= 0.3 is 0 Å². The molecule has 0 aromatic carbocycles. The standard InChI is InChI=1S/C14H21N3S/c1-14(6-3-2-4-7-14)10-17-12-9-16-8-5-11(12)13(15)18/h5,8-9,17H,2-4,6-7,10H2,1H3,(H2,15,18). The van der Waals surface area contributed by atoms with Crippen molar-refractivity contribution in [2.24, 2.45) is 11.1 Å². The van der Waals surface area contributed by atoms with Crippen molar-refractivity contribution in [3.63, 3.8) is 0 Å². The Hall–Kier alpha value is -1.16. The number of nitrogens with two attached hydrogens (primary N) is 1. The summed E-state index contributed by atoms with van der Waals surface area (Å²) in [5.41, 5.74) is 7.95. The third-order valence-electron chi connectivity index (χ3n) is 3.85. The summed E-state index contributed by atoms with van der Waals surface area (Å²) in [4.78, 5) is 4.56. The van der Waals surface area contributed by atoms with E-state index in [1.165, 1.54) is 32.1 Å². The van der Waals surface area contributed by atoms with Crippen molar-refractivity contribution in [2.75, 3.05) is 11.9 Å². The second-order valence-corrected chi connectivity index (χ2v) is 5.95. The second-order valence-electron chi connectivity index (χ2n) is 5.51. The summed E-state index contributed by atoms with van der Waals surface area (Å²) < 4.78 is 0. The minimum atomic E-state index is 0.390. The van der Waals surface area contributed by atoms with E-state index in [9.17, 15) is 0 Å². The van der Waals surface area contributed by atoms with E-state index in [0.717, 1.165) is 17.8 Å². The van der Waals surface area contributed by atoms with Crippen molar-refractivity contribution >= 4 is 22.9 Å². The predicted octanol–water partition coefficient (Wildman–Crippen LogP) is 3.10. The van der Waals surface area contributed by atoms with Gasteiger partial charge in [-0.1, -0.05) is 38.4 Å². The molecule has 1 fully saturated rings. The first-order valence-corrected chi connectivity index (χ1v) is 6.99. The van der Waals surface area contributed by atoms with Gasteiger partial charge in [0.1, 0.15) is 4.99 Å². The zero-order chi connectivity index (χ0) is 13.0. The molecule has 0 atom stereocenters. The molecule has 0 unspecified atom stereocenters. The van der Waals surface area contributed by atoms with Crippen LogP contribution in [-0.4, -0.2) is 16.5 Å². The van der Waals surface area contributed by atoms with Crippen LogP contribution < -0.4 is 11.1 Å². The Bertz CT molecular complexity index is 425. The highest BCUT2D eigenvalue weighted by molar-refractivity contribution is 7.80. The molecule has 0 bridgehead atoms. The minimum absolute atomic E-state index is 0.390. The van der Waals surface area contributed by atoms with Gasteiger partial charge in [-0.3, -0.25) is 4.98 Å². The average molecular weight is 263 g/mol. The first-order valence-electron chi connectivity index (χ1n) is 6.58. The third-order valence-corrected chi connectivity index (χ3v) is 4.07. The van der Waals surface area contributed by atoms with Gasteiger partial charge < -0.3 is 11.1 Å². The fourth-order valence-corrected chi connectivity index (χ4v) is 2.82. The van der Waals surface area contributed by atoms with Crippen LogP contribution in [0.4, 0.5) is 5.69 Å². The van der Waals surface area contributed by atoms with E-state index < -0.39 is 0 Å². The fourth-order valence-electron chi connectivity index (χ4n) is 2.64. The van der Waals surface area contributed by atoms with Gasteiger partial charge in [-0.2, -0.15) is 0 Å². The van der Waals surface area contributed by atoms with Crippen LogP contribution >= 0.6 is 12.2 Å². The van der Waals surface area contributed by atoms with Crippen molar-refractivity contribution in [1.29, 1.82) is 0 Å². The summed E-state index contributed by atoms with van der Waals surface area (Å²) in [5, 5.41) is 3.47. The molecule has 1 aliphatic carbocycles. The summed E-state index contributed by atoms with van der Waals surface area (Å²) in [7, 11) is 0. The molecule has 3 nitrogen and oxygen atoms in total. The van der Waals surface area contributed by atoms with Crippen LogP contribution in [0.15, 0.2) is 18.5 Å². The number of hydrogen-bond acceptors (Lipinski definition) is 3. The van der Waals surface area contributed by atoms with Gasteiger partial charge in [-0.05, 0) is 24.3 Å². The first kappa shape index (κ1) is 13.3. The predicted molar refractivity (Wildman–Crippen MR) is 79.8 cm³/mol. The van der Waals surface area contributed by atoms with E-state index in [4.69, 9.17) is 18.0 Å². The van der Waals surface area contributed by atoms with Gasteiger partial charge in [0.15, 0.2) is 0 Å². The Labute approximate surface area is 114 Å². The molecule has 2 rings (SSSR count). The Morgan fingerprint density at radius 3 is 2.83 bits per heavy atom. The minimum Gasteiger partial charge on any atom is -0.389 e. The van der Waals surface area contributed by atoms with E-state index in [0.29, 0.717) is 10.4 Å². The van der Waals surface area contributed by atoms with Gasteiger partial charge in [0.2, 0.25) is 0 Å². The quantitative estimate of drug-likeness (QED) is 0.820. The monoisotopic (exact) mass is 263 g/mol. The molecule has 0 radical (unpaired) electrons. The summed E-state index contributed by atoms with van der Waals surface area (Å²) >= 11 is 5.06. The molecule has 1 aromatic heterocycles. The third kappa shape index (κ3) is 3.19. The van der Waals surface area contributed by atoms with E-state index in [-0.39, 0.29) is 0 Å². The van der Waals surface area contributed by atoms with Gasteiger partial charge in [0.05, 0.1) is 11.9 Å². The van der Waals surface area contributed by atoms with Gasteiger partial charge in [0, 0.05) is 18.3 Å². The van der Waals surface area contributed by atoms with E-state index in [1.807, 2.05) is 6.07 Å². The number of rotatable bonds is 4. The maximum absolute atomic E-state index is 5.72. The van der Waals surface area contributed by atoms with Crippen LogP contribution in [0.1, 0.15) is 44.6 Å². The Kier molecular flexibility index (Phi) is 4.17. The number of nitrogens with one attached hydrogen (secondary N) is 1. The SMILES string of the molecule is CC1(CNc2cnccc2C(N)=S)CCCCC1. The smallest absolute Gasteiger partial charge is 0.106 e. The van der Waals surface area contributed by atoms with Crippen LogP contribution in [0.25, 0.3) is 0 Å². The highest BCUT2D eigenvalue weighted by Crippen LogP contribution is 2.35. The van der Waals surface area contributed by atoms with Crippen molar-refractivity contribution < 1.29 is 0 Å². The maximum Gasteiger partial charge on any atom is 0.106 e. The Morgan fingerprint density at radius 2 is 2.17 bits per heavy atom. The molecule has 0 saturated heterocycles. The topological polar surface area (TPSA) is 50.9 Å². The molecule has 1 saturated carbocycles. The summed E-state index contributed by atoms with van der Waals surface area (Å²) in [5.74, 6) is 0. The molecule has 1 aliphatic rings. The maximum atomic E-state index is 5.72. The molecule has 4 heteroatoms. The molecular formula is C14H21N3S. The molecule has 18 heavy (non-hydrogen) atoms. The summed E-state index contributed by atoms with van der Waals surface area (Å²) in [6, 6.07) is 1.87. The number of nitrogens with zero attached hydrogens (tertiary/aromatic N) is 1. The molecule has 1 aromatic rings. The van der Waals surface area contributed by atoms with Crippen LogP contribution in [0, 0.1) is 5.41 Å². The van der Waals surface area contributed by atoms with Gasteiger partial charge in [0.25, 0.3) is 0 Å². The highest BCUT2D eigenvalue weighted by Gasteiger charge is 2.26. The van der Waals surface area contributed by atoms with Crippen molar-refractivity contribution in [3.8, 4) is 0 Å². The average Bonchev–Trinajstić information content (AvgIpc) is 2.38. The summed E-state index contributed by atoms with van der Waals surface area (Å²) in [6.07, 6.45) is 10.2. The molecular weight excluding hydrogens is 242 g/mol. The number of hydrogen-bond donors (Lipinski definition) is 2. The highest BCUT2D eigenvalue weighted by atomic mass is 32.1. The normalized spacial score (nSPS) is 18.3. The molecule has 0 spiro atoms. The molecule has 0 amide bonds. The lowest BCUT2D eigenvalue weighted by atomic mass is 9.75. The van der Waals surface area contributed by atoms with Crippen molar-refractivity contribution in [1.82, 2.24) is 4.98 Å². The van der Waals surface area contributed by atoms with Crippen molar-refractivity contribution in [3.05, 3.63) is 24.0 Å². The van der Waals surface area contributed by atoms with Crippen LogP contribution in [-0.2, 0) is 0 Å². The lowest BCUT2D eigenvalue weighted by Crippen LogP contribution is -2.29. The lowest BCUT2D eigenvalue weighted by molar-refractivity contribution is 0.233. The van der Waals surface area contributed by atoms with Crippen molar-refractivity contribution in [2.45, 2.75) is 39.0 Å². The molecule has 1 heterocycles. The fraction of sp³-hybridized carbons (Fsp3) is 0.571.